The number of halogens is 1. The fraction of sp³-hybridized carbons (Fsp3) is 0.211. The lowest BCUT2D eigenvalue weighted by molar-refractivity contribution is -0.136. The minimum atomic E-state index is -0.928. The van der Waals surface area contributed by atoms with E-state index in [0.717, 1.165) is 0 Å². The van der Waals surface area contributed by atoms with Crippen LogP contribution in [0.5, 0.6) is 17.2 Å². The van der Waals surface area contributed by atoms with Gasteiger partial charge in [0, 0.05) is 16.3 Å². The van der Waals surface area contributed by atoms with E-state index in [-0.39, 0.29) is 0 Å². The van der Waals surface area contributed by atoms with Crippen LogP contribution in [0.25, 0.3) is 0 Å². The van der Waals surface area contributed by atoms with E-state index in [1.54, 1.807) is 37.3 Å². The lowest BCUT2D eigenvalue weighted by Gasteiger charge is -2.12. The minimum absolute atomic E-state index is 0.433. The molecular formula is C19H20ClN3O5. The first kappa shape index (κ1) is 21.0. The van der Waals surface area contributed by atoms with Crippen molar-refractivity contribution >= 4 is 35.3 Å². The number of hydrazone groups is 1. The Morgan fingerprint density at radius 3 is 2.25 bits per heavy atom. The molecule has 9 heteroatoms. The first-order chi connectivity index (χ1) is 13.4. The fourth-order valence-corrected chi connectivity index (χ4v) is 2.49. The van der Waals surface area contributed by atoms with Crippen molar-refractivity contribution < 1.29 is 23.8 Å². The summed E-state index contributed by atoms with van der Waals surface area (Å²) in [6, 6.07) is 8.30. The van der Waals surface area contributed by atoms with Crippen LogP contribution in [-0.2, 0) is 9.59 Å². The summed E-state index contributed by atoms with van der Waals surface area (Å²) in [4.78, 5) is 23.9. The van der Waals surface area contributed by atoms with E-state index >= 15 is 0 Å². The number of hydrogen-bond acceptors (Lipinski definition) is 6. The first-order valence-electron chi connectivity index (χ1n) is 8.10. The Bertz CT molecular complexity index is 889. The second-order valence-corrected chi connectivity index (χ2v) is 5.93. The molecule has 0 spiro atoms. The predicted octanol–water partition coefficient (Wildman–Crippen LogP) is 2.76. The van der Waals surface area contributed by atoms with Gasteiger partial charge >= 0.3 is 11.8 Å². The van der Waals surface area contributed by atoms with Gasteiger partial charge in [-0.3, -0.25) is 9.59 Å². The number of amides is 2. The maximum absolute atomic E-state index is 12.0. The second-order valence-electron chi connectivity index (χ2n) is 5.52. The van der Waals surface area contributed by atoms with Crippen molar-refractivity contribution in [3.63, 3.8) is 0 Å². The number of carbonyl (C=O) groups is 2. The van der Waals surface area contributed by atoms with Crippen molar-refractivity contribution in [3.8, 4) is 17.2 Å². The lowest BCUT2D eigenvalue weighted by Crippen LogP contribution is -2.32. The molecular weight excluding hydrogens is 386 g/mol. The second kappa shape index (κ2) is 9.61. The zero-order valence-corrected chi connectivity index (χ0v) is 16.6. The molecule has 0 aliphatic heterocycles. The Morgan fingerprint density at radius 2 is 1.68 bits per heavy atom. The van der Waals surface area contributed by atoms with Crippen LogP contribution in [0.4, 0.5) is 5.69 Å². The number of methoxy groups -OCH3 is 3. The standard InChI is InChI=1S/C19H20ClN3O5/c1-11-13(20)6-5-7-14(11)22-18(24)19(25)23-21-10-12-8-15(26-2)17(28-4)16(9-12)27-3/h5-10H,1-4H3,(H,22,24)(H,23,25). The van der Waals surface area contributed by atoms with Crippen LogP contribution in [0, 0.1) is 6.92 Å². The van der Waals surface area contributed by atoms with E-state index < -0.39 is 11.8 Å². The quantitative estimate of drug-likeness (QED) is 0.437. The van der Waals surface area contributed by atoms with Crippen molar-refractivity contribution in [1.29, 1.82) is 0 Å². The molecule has 0 heterocycles. The Morgan fingerprint density at radius 1 is 1.04 bits per heavy atom. The van der Waals surface area contributed by atoms with Gasteiger partial charge in [-0.05, 0) is 36.8 Å². The van der Waals surface area contributed by atoms with E-state index in [9.17, 15) is 9.59 Å². The molecule has 0 saturated heterocycles. The largest absolute Gasteiger partial charge is 0.493 e. The third kappa shape index (κ3) is 4.92. The van der Waals surface area contributed by atoms with Gasteiger partial charge in [-0.25, -0.2) is 5.43 Å². The maximum Gasteiger partial charge on any atom is 0.329 e. The summed E-state index contributed by atoms with van der Waals surface area (Å²) >= 11 is 5.99. The Hall–Kier alpha value is -3.26. The SMILES string of the molecule is COc1cc(C=NNC(=O)C(=O)Nc2cccc(Cl)c2C)cc(OC)c1OC. The number of ether oxygens (including phenoxy) is 3. The van der Waals surface area contributed by atoms with Crippen molar-refractivity contribution in [2.24, 2.45) is 5.10 Å². The monoisotopic (exact) mass is 405 g/mol. The van der Waals surface area contributed by atoms with Crippen molar-refractivity contribution in [2.45, 2.75) is 6.92 Å². The molecule has 0 atom stereocenters. The van der Waals surface area contributed by atoms with Crippen LogP contribution in [0.2, 0.25) is 5.02 Å². The third-order valence-electron chi connectivity index (χ3n) is 3.79. The lowest BCUT2D eigenvalue weighted by atomic mass is 10.2. The number of anilines is 1. The van der Waals surface area contributed by atoms with Crippen LogP contribution >= 0.6 is 11.6 Å². The summed E-state index contributed by atoms with van der Waals surface area (Å²) in [6.07, 6.45) is 1.35. The van der Waals surface area contributed by atoms with Crippen molar-refractivity contribution in [3.05, 3.63) is 46.5 Å². The normalized spacial score (nSPS) is 10.5. The number of nitrogens with one attached hydrogen (secondary N) is 2. The van der Waals surface area contributed by atoms with E-state index in [1.807, 2.05) is 0 Å². The molecule has 0 bridgehead atoms. The smallest absolute Gasteiger partial charge is 0.329 e. The summed E-state index contributed by atoms with van der Waals surface area (Å²) in [5.74, 6) is -0.495. The average Bonchev–Trinajstić information content (AvgIpc) is 2.70. The zero-order valence-electron chi connectivity index (χ0n) is 15.8. The highest BCUT2D eigenvalue weighted by molar-refractivity contribution is 6.40. The molecule has 148 valence electrons. The highest BCUT2D eigenvalue weighted by atomic mass is 35.5. The molecule has 2 rings (SSSR count). The van der Waals surface area contributed by atoms with E-state index in [1.165, 1.54) is 27.5 Å². The average molecular weight is 406 g/mol. The van der Waals surface area contributed by atoms with Gasteiger partial charge in [-0.15, -0.1) is 0 Å². The van der Waals surface area contributed by atoms with Gasteiger partial charge in [0.25, 0.3) is 0 Å². The van der Waals surface area contributed by atoms with Crippen molar-refractivity contribution in [2.75, 3.05) is 26.6 Å². The van der Waals surface area contributed by atoms with Crippen LogP contribution in [-0.4, -0.2) is 39.4 Å². The Kier molecular flexibility index (Phi) is 7.22. The highest BCUT2D eigenvalue weighted by Crippen LogP contribution is 2.37. The number of rotatable bonds is 6. The molecule has 2 amide bonds. The van der Waals surface area contributed by atoms with Gasteiger partial charge < -0.3 is 19.5 Å². The number of benzene rings is 2. The molecule has 0 radical (unpaired) electrons. The number of nitrogens with zero attached hydrogens (tertiary/aromatic N) is 1. The van der Waals surface area contributed by atoms with Gasteiger partial charge in [0.15, 0.2) is 11.5 Å². The van der Waals surface area contributed by atoms with E-state index in [4.69, 9.17) is 25.8 Å². The molecule has 8 nitrogen and oxygen atoms in total. The number of carbonyl (C=O) groups excluding carboxylic acids is 2. The molecule has 2 aromatic carbocycles. The summed E-state index contributed by atoms with van der Waals surface area (Å²) in [5.41, 5.74) is 3.84. The van der Waals surface area contributed by atoms with Crippen LogP contribution in [0.15, 0.2) is 35.4 Å². The Labute approximate surface area is 167 Å². The van der Waals surface area contributed by atoms with Gasteiger partial charge in [-0.1, -0.05) is 17.7 Å². The first-order valence-corrected chi connectivity index (χ1v) is 8.48. The third-order valence-corrected chi connectivity index (χ3v) is 4.20. The molecule has 0 aliphatic carbocycles. The van der Waals surface area contributed by atoms with Gasteiger partial charge in [0.1, 0.15) is 0 Å². The van der Waals surface area contributed by atoms with Gasteiger partial charge in [0.2, 0.25) is 5.75 Å². The topological polar surface area (TPSA) is 98.2 Å². The predicted molar refractivity (Wildman–Crippen MR) is 107 cm³/mol. The van der Waals surface area contributed by atoms with E-state index in [2.05, 4.69) is 15.8 Å². The van der Waals surface area contributed by atoms with E-state index in [0.29, 0.717) is 39.1 Å². The molecule has 2 N–H and O–H groups in total. The fourth-order valence-electron chi connectivity index (χ4n) is 2.31. The minimum Gasteiger partial charge on any atom is -0.493 e. The summed E-state index contributed by atoms with van der Waals surface area (Å²) in [6.45, 7) is 1.73. The van der Waals surface area contributed by atoms with Crippen LogP contribution in [0.1, 0.15) is 11.1 Å². The van der Waals surface area contributed by atoms with Crippen molar-refractivity contribution in [1.82, 2.24) is 5.43 Å². The molecule has 0 saturated carbocycles. The van der Waals surface area contributed by atoms with Crippen LogP contribution < -0.4 is 25.0 Å². The zero-order chi connectivity index (χ0) is 20.7. The summed E-state index contributed by atoms with van der Waals surface area (Å²) in [7, 11) is 4.47. The highest BCUT2D eigenvalue weighted by Gasteiger charge is 2.15. The Balaban J connectivity index is 2.06. The van der Waals surface area contributed by atoms with Gasteiger partial charge in [0.05, 0.1) is 27.5 Å². The maximum atomic E-state index is 12.0. The molecule has 0 fully saturated rings. The van der Waals surface area contributed by atoms with Crippen LogP contribution in [0.3, 0.4) is 0 Å². The molecule has 0 aromatic heterocycles. The summed E-state index contributed by atoms with van der Waals surface area (Å²) in [5, 5.41) is 6.76. The molecule has 0 aliphatic rings. The molecule has 2 aromatic rings. The molecule has 0 unspecified atom stereocenters. The molecule has 28 heavy (non-hydrogen) atoms. The number of hydrogen-bond donors (Lipinski definition) is 2. The van der Waals surface area contributed by atoms with Gasteiger partial charge in [-0.2, -0.15) is 5.10 Å². The summed E-state index contributed by atoms with van der Waals surface area (Å²) < 4.78 is 15.7.